The summed E-state index contributed by atoms with van der Waals surface area (Å²) in [6.45, 7) is 2.86. The van der Waals surface area contributed by atoms with Crippen molar-refractivity contribution in [3.63, 3.8) is 0 Å². The molecule has 2 saturated carbocycles. The molecule has 1 aromatic rings. The standard InChI is InChI=1S/C17H25FN2/c1-11(19)13-5-6-17(16(18)9-13)20(2)10-15-8-12-3-4-14(15)7-12/h5-6,9,11-12,14-15H,3-4,7-8,10,19H2,1-2H3. The van der Waals surface area contributed by atoms with Crippen molar-refractivity contribution in [2.45, 2.75) is 38.6 Å². The molecule has 2 aliphatic rings. The zero-order chi connectivity index (χ0) is 14.3. The van der Waals surface area contributed by atoms with Crippen LogP contribution in [-0.4, -0.2) is 13.6 Å². The molecule has 110 valence electrons. The Morgan fingerprint density at radius 3 is 2.70 bits per heavy atom. The van der Waals surface area contributed by atoms with Crippen LogP contribution >= 0.6 is 0 Å². The Morgan fingerprint density at radius 2 is 2.15 bits per heavy atom. The molecule has 2 N–H and O–H groups in total. The molecule has 20 heavy (non-hydrogen) atoms. The number of fused-ring (bicyclic) bond motifs is 2. The summed E-state index contributed by atoms with van der Waals surface area (Å²) in [6, 6.07) is 5.29. The fraction of sp³-hybridized carbons (Fsp3) is 0.647. The summed E-state index contributed by atoms with van der Waals surface area (Å²) in [5.74, 6) is 2.44. The van der Waals surface area contributed by atoms with Gasteiger partial charge in [0.25, 0.3) is 0 Å². The summed E-state index contributed by atoms with van der Waals surface area (Å²) < 4.78 is 14.2. The van der Waals surface area contributed by atoms with Crippen LogP contribution in [-0.2, 0) is 0 Å². The lowest BCUT2D eigenvalue weighted by Crippen LogP contribution is -2.29. The number of rotatable bonds is 4. The first-order chi connectivity index (χ1) is 9.54. The normalized spacial score (nSPS) is 29.7. The van der Waals surface area contributed by atoms with Crippen LogP contribution in [0, 0.1) is 23.6 Å². The summed E-state index contributed by atoms with van der Waals surface area (Å²) in [6.07, 6.45) is 5.55. The van der Waals surface area contributed by atoms with Gasteiger partial charge in [-0.25, -0.2) is 4.39 Å². The second kappa shape index (κ2) is 5.36. The van der Waals surface area contributed by atoms with E-state index in [1.807, 2.05) is 26.1 Å². The Labute approximate surface area is 121 Å². The van der Waals surface area contributed by atoms with Crippen molar-refractivity contribution in [3.05, 3.63) is 29.6 Å². The predicted molar refractivity (Wildman–Crippen MR) is 81.2 cm³/mol. The molecule has 3 rings (SSSR count). The number of hydrogen-bond donors (Lipinski definition) is 1. The quantitative estimate of drug-likeness (QED) is 0.908. The Hall–Kier alpha value is -1.09. The third kappa shape index (κ3) is 2.56. The SMILES string of the molecule is CC(N)c1ccc(N(C)CC2CC3CCC2C3)c(F)c1. The maximum absolute atomic E-state index is 14.2. The van der Waals surface area contributed by atoms with Crippen LogP contribution in [0.3, 0.4) is 0 Å². The minimum Gasteiger partial charge on any atom is -0.372 e. The highest BCUT2D eigenvalue weighted by molar-refractivity contribution is 5.49. The van der Waals surface area contributed by atoms with Gasteiger partial charge in [0.2, 0.25) is 0 Å². The van der Waals surface area contributed by atoms with Crippen molar-refractivity contribution in [2.24, 2.45) is 23.5 Å². The molecule has 0 amide bonds. The number of halogens is 1. The first-order valence-electron chi connectivity index (χ1n) is 7.80. The molecule has 0 aromatic heterocycles. The highest BCUT2D eigenvalue weighted by Crippen LogP contribution is 2.48. The lowest BCUT2D eigenvalue weighted by molar-refractivity contribution is 0.337. The molecular formula is C17H25FN2. The number of nitrogens with two attached hydrogens (primary N) is 1. The first-order valence-corrected chi connectivity index (χ1v) is 7.80. The molecule has 4 unspecified atom stereocenters. The highest BCUT2D eigenvalue weighted by Gasteiger charge is 2.39. The third-order valence-corrected chi connectivity index (χ3v) is 5.30. The molecule has 0 spiro atoms. The van der Waals surface area contributed by atoms with E-state index in [4.69, 9.17) is 5.73 Å². The molecule has 1 aromatic carbocycles. The maximum atomic E-state index is 14.2. The van der Waals surface area contributed by atoms with Crippen molar-refractivity contribution in [1.29, 1.82) is 0 Å². The molecule has 0 aliphatic heterocycles. The molecular weight excluding hydrogens is 251 g/mol. The van der Waals surface area contributed by atoms with E-state index in [9.17, 15) is 4.39 Å². The van der Waals surface area contributed by atoms with Gasteiger partial charge in [-0.3, -0.25) is 0 Å². The topological polar surface area (TPSA) is 29.3 Å². The van der Waals surface area contributed by atoms with E-state index < -0.39 is 0 Å². The average Bonchev–Trinajstić information content (AvgIpc) is 3.00. The zero-order valence-corrected chi connectivity index (χ0v) is 12.5. The van der Waals surface area contributed by atoms with Gasteiger partial charge in [0, 0.05) is 19.6 Å². The molecule has 2 nitrogen and oxygen atoms in total. The van der Waals surface area contributed by atoms with Crippen molar-refractivity contribution in [2.75, 3.05) is 18.5 Å². The molecule has 2 fully saturated rings. The Morgan fingerprint density at radius 1 is 1.35 bits per heavy atom. The molecule has 3 heteroatoms. The molecule has 0 saturated heterocycles. The van der Waals surface area contributed by atoms with Crippen molar-refractivity contribution in [3.8, 4) is 0 Å². The van der Waals surface area contributed by atoms with E-state index in [0.29, 0.717) is 5.69 Å². The predicted octanol–water partition coefficient (Wildman–Crippen LogP) is 3.72. The van der Waals surface area contributed by atoms with Crippen LogP contribution in [0.2, 0.25) is 0 Å². The molecule has 0 heterocycles. The second-order valence-electron chi connectivity index (χ2n) is 6.81. The minimum atomic E-state index is -0.148. The molecule has 2 aliphatic carbocycles. The van der Waals surface area contributed by atoms with Crippen LogP contribution in [0.1, 0.15) is 44.2 Å². The van der Waals surface area contributed by atoms with Gasteiger partial charge in [-0.1, -0.05) is 12.5 Å². The first kappa shape index (κ1) is 13.9. The smallest absolute Gasteiger partial charge is 0.146 e. The van der Waals surface area contributed by atoms with Gasteiger partial charge in [-0.15, -0.1) is 0 Å². The number of hydrogen-bond acceptors (Lipinski definition) is 2. The zero-order valence-electron chi connectivity index (χ0n) is 12.5. The van der Waals surface area contributed by atoms with Crippen LogP contribution < -0.4 is 10.6 Å². The fourth-order valence-electron chi connectivity index (χ4n) is 4.17. The minimum absolute atomic E-state index is 0.116. The maximum Gasteiger partial charge on any atom is 0.146 e. The molecule has 4 atom stereocenters. The summed E-state index contributed by atoms with van der Waals surface area (Å²) in [4.78, 5) is 2.09. The summed E-state index contributed by atoms with van der Waals surface area (Å²) in [5, 5.41) is 0. The van der Waals surface area contributed by atoms with Gasteiger partial charge < -0.3 is 10.6 Å². The summed E-state index contributed by atoms with van der Waals surface area (Å²) >= 11 is 0. The largest absolute Gasteiger partial charge is 0.372 e. The Kier molecular flexibility index (Phi) is 3.72. The van der Waals surface area contributed by atoms with E-state index >= 15 is 0 Å². The van der Waals surface area contributed by atoms with Crippen molar-refractivity contribution in [1.82, 2.24) is 0 Å². The van der Waals surface area contributed by atoms with E-state index in [-0.39, 0.29) is 11.9 Å². The van der Waals surface area contributed by atoms with Crippen LogP contribution in [0.5, 0.6) is 0 Å². The number of benzene rings is 1. The van der Waals surface area contributed by atoms with Crippen LogP contribution in [0.25, 0.3) is 0 Å². The summed E-state index contributed by atoms with van der Waals surface area (Å²) in [7, 11) is 2.01. The monoisotopic (exact) mass is 276 g/mol. The molecule has 2 bridgehead atoms. The van der Waals surface area contributed by atoms with Gasteiger partial charge in [0.15, 0.2) is 0 Å². The number of anilines is 1. The van der Waals surface area contributed by atoms with Crippen molar-refractivity contribution >= 4 is 5.69 Å². The van der Waals surface area contributed by atoms with Crippen molar-refractivity contribution < 1.29 is 4.39 Å². The fourth-order valence-corrected chi connectivity index (χ4v) is 4.17. The van der Waals surface area contributed by atoms with Gasteiger partial charge in [0.1, 0.15) is 5.82 Å². The number of nitrogens with zero attached hydrogens (tertiary/aromatic N) is 1. The van der Waals surface area contributed by atoms with E-state index in [2.05, 4.69) is 4.90 Å². The Balaban J connectivity index is 1.69. The lowest BCUT2D eigenvalue weighted by Gasteiger charge is -2.29. The average molecular weight is 276 g/mol. The van der Waals surface area contributed by atoms with Crippen LogP contribution in [0.4, 0.5) is 10.1 Å². The van der Waals surface area contributed by atoms with Crippen LogP contribution in [0.15, 0.2) is 18.2 Å². The highest BCUT2D eigenvalue weighted by atomic mass is 19.1. The summed E-state index contributed by atoms with van der Waals surface area (Å²) in [5.41, 5.74) is 7.37. The van der Waals surface area contributed by atoms with E-state index in [1.165, 1.54) is 25.7 Å². The van der Waals surface area contributed by atoms with E-state index in [0.717, 1.165) is 29.9 Å². The lowest BCUT2D eigenvalue weighted by atomic mass is 9.88. The van der Waals surface area contributed by atoms with E-state index in [1.54, 1.807) is 6.07 Å². The van der Waals surface area contributed by atoms with Gasteiger partial charge in [0.05, 0.1) is 5.69 Å². The van der Waals surface area contributed by atoms with Gasteiger partial charge >= 0.3 is 0 Å². The van der Waals surface area contributed by atoms with Gasteiger partial charge in [-0.2, -0.15) is 0 Å². The Bertz CT molecular complexity index is 486. The molecule has 0 radical (unpaired) electrons. The third-order valence-electron chi connectivity index (χ3n) is 5.30. The second-order valence-corrected chi connectivity index (χ2v) is 6.81. The van der Waals surface area contributed by atoms with Gasteiger partial charge in [-0.05, 0) is 61.6 Å².